The van der Waals surface area contributed by atoms with Gasteiger partial charge in [0.25, 0.3) is 0 Å². The van der Waals surface area contributed by atoms with Gasteiger partial charge in [-0.2, -0.15) is 0 Å². The van der Waals surface area contributed by atoms with Crippen molar-refractivity contribution in [3.8, 4) is 11.5 Å². The van der Waals surface area contributed by atoms with Crippen molar-refractivity contribution < 1.29 is 29.3 Å². The molecule has 0 unspecified atom stereocenters. The molecule has 6 nitrogen and oxygen atoms in total. The van der Waals surface area contributed by atoms with Crippen LogP contribution in [0, 0.1) is 0 Å². The molecular formula is C16H20O6. The zero-order valence-corrected chi connectivity index (χ0v) is 12.7. The lowest BCUT2D eigenvalue weighted by Gasteiger charge is -2.34. The molecular weight excluding hydrogens is 288 g/mol. The number of phenols is 1. The Morgan fingerprint density at radius 2 is 1.77 bits per heavy atom. The highest BCUT2D eigenvalue weighted by molar-refractivity contribution is 5.94. The minimum Gasteiger partial charge on any atom is -0.507 e. The van der Waals surface area contributed by atoms with Crippen molar-refractivity contribution in [3.63, 3.8) is 0 Å². The van der Waals surface area contributed by atoms with Crippen molar-refractivity contribution in [2.24, 2.45) is 0 Å². The summed E-state index contributed by atoms with van der Waals surface area (Å²) in [5.74, 6) is -1.66. The van der Waals surface area contributed by atoms with E-state index >= 15 is 0 Å². The van der Waals surface area contributed by atoms with E-state index in [0.717, 1.165) is 19.3 Å². The van der Waals surface area contributed by atoms with Crippen LogP contribution in [0.3, 0.4) is 0 Å². The maximum absolute atomic E-state index is 11.9. The maximum Gasteiger partial charge on any atom is 0.341 e. The molecule has 6 heteroatoms. The normalized spacial score (nSPS) is 16.8. The van der Waals surface area contributed by atoms with E-state index < -0.39 is 17.4 Å². The Kier molecular flexibility index (Phi) is 4.59. The van der Waals surface area contributed by atoms with Gasteiger partial charge in [0.1, 0.15) is 17.1 Å². The molecule has 0 aliphatic heterocycles. The highest BCUT2D eigenvalue weighted by atomic mass is 16.5. The molecule has 0 atom stereocenters. The van der Waals surface area contributed by atoms with Crippen molar-refractivity contribution in [3.05, 3.63) is 23.3 Å². The van der Waals surface area contributed by atoms with E-state index in [-0.39, 0.29) is 17.1 Å². The predicted molar refractivity (Wildman–Crippen MR) is 78.4 cm³/mol. The molecule has 0 saturated heterocycles. The smallest absolute Gasteiger partial charge is 0.341 e. The van der Waals surface area contributed by atoms with E-state index in [1.807, 2.05) is 0 Å². The number of carboxylic acids is 1. The number of methoxy groups -OCH3 is 2. The molecule has 1 aliphatic rings. The summed E-state index contributed by atoms with van der Waals surface area (Å²) in [6, 6.07) is 2.67. The first-order chi connectivity index (χ1) is 10.5. The average Bonchev–Trinajstić information content (AvgIpc) is 2.54. The molecule has 0 amide bonds. The van der Waals surface area contributed by atoms with Gasteiger partial charge in [0.15, 0.2) is 0 Å². The fourth-order valence-corrected chi connectivity index (χ4v) is 3.14. The van der Waals surface area contributed by atoms with Gasteiger partial charge in [-0.15, -0.1) is 0 Å². The van der Waals surface area contributed by atoms with Gasteiger partial charge in [-0.3, -0.25) is 4.79 Å². The zero-order chi connectivity index (χ0) is 16.3. The fourth-order valence-electron chi connectivity index (χ4n) is 3.14. The molecule has 0 spiro atoms. The molecule has 0 aromatic heterocycles. The Bertz CT molecular complexity index is 587. The van der Waals surface area contributed by atoms with Crippen LogP contribution in [0.15, 0.2) is 12.1 Å². The number of benzene rings is 1. The summed E-state index contributed by atoms with van der Waals surface area (Å²) in [6.45, 7) is 0. The molecule has 0 heterocycles. The van der Waals surface area contributed by atoms with E-state index in [1.165, 1.54) is 26.4 Å². The molecule has 2 N–H and O–H groups in total. The van der Waals surface area contributed by atoms with Crippen molar-refractivity contribution in [2.45, 2.75) is 37.5 Å². The zero-order valence-electron chi connectivity index (χ0n) is 12.7. The van der Waals surface area contributed by atoms with Gasteiger partial charge in [0.05, 0.1) is 19.6 Å². The van der Waals surface area contributed by atoms with Crippen molar-refractivity contribution >= 4 is 11.9 Å². The van der Waals surface area contributed by atoms with Gasteiger partial charge >= 0.3 is 11.9 Å². The lowest BCUT2D eigenvalue weighted by molar-refractivity contribution is -0.145. The first-order valence-electron chi connectivity index (χ1n) is 7.19. The summed E-state index contributed by atoms with van der Waals surface area (Å²) in [7, 11) is 2.62. The van der Waals surface area contributed by atoms with Crippen LogP contribution in [-0.2, 0) is 14.9 Å². The summed E-state index contributed by atoms with van der Waals surface area (Å²) < 4.78 is 9.89. The van der Waals surface area contributed by atoms with Gasteiger partial charge in [0, 0.05) is 11.6 Å². The molecule has 22 heavy (non-hydrogen) atoms. The SMILES string of the molecule is COC(=O)c1cc(C2(C(=O)O)CCCCC2)c(OC)cc1O. The summed E-state index contributed by atoms with van der Waals surface area (Å²) in [6.07, 6.45) is 3.53. The number of esters is 1. The first-order valence-corrected chi connectivity index (χ1v) is 7.19. The van der Waals surface area contributed by atoms with Crippen LogP contribution in [0.25, 0.3) is 0 Å². The van der Waals surface area contributed by atoms with E-state index in [9.17, 15) is 19.8 Å². The first kappa shape index (κ1) is 16.1. The average molecular weight is 308 g/mol. The monoisotopic (exact) mass is 308 g/mol. The number of ether oxygens (including phenoxy) is 2. The maximum atomic E-state index is 11.9. The van der Waals surface area contributed by atoms with E-state index in [2.05, 4.69) is 4.74 Å². The van der Waals surface area contributed by atoms with Crippen LogP contribution in [0.1, 0.15) is 48.0 Å². The molecule has 1 fully saturated rings. The molecule has 1 saturated carbocycles. The highest BCUT2D eigenvalue weighted by Crippen LogP contribution is 2.45. The van der Waals surface area contributed by atoms with Crippen LogP contribution in [0.4, 0.5) is 0 Å². The van der Waals surface area contributed by atoms with E-state index in [0.29, 0.717) is 18.4 Å². The van der Waals surface area contributed by atoms with Gasteiger partial charge in [0.2, 0.25) is 0 Å². The Hall–Kier alpha value is -2.24. The van der Waals surface area contributed by atoms with Crippen molar-refractivity contribution in [1.29, 1.82) is 0 Å². The Morgan fingerprint density at radius 3 is 2.27 bits per heavy atom. The molecule has 1 aromatic rings. The second kappa shape index (κ2) is 6.25. The van der Waals surface area contributed by atoms with Gasteiger partial charge in [-0.1, -0.05) is 19.3 Å². The van der Waals surface area contributed by atoms with Gasteiger partial charge < -0.3 is 19.7 Å². The van der Waals surface area contributed by atoms with E-state index in [4.69, 9.17) is 4.74 Å². The van der Waals surface area contributed by atoms with E-state index in [1.54, 1.807) is 0 Å². The van der Waals surface area contributed by atoms with Gasteiger partial charge in [-0.05, 0) is 18.9 Å². The fraction of sp³-hybridized carbons (Fsp3) is 0.500. The number of aliphatic carboxylic acids is 1. The topological polar surface area (TPSA) is 93.1 Å². The van der Waals surface area contributed by atoms with Crippen LogP contribution in [-0.4, -0.2) is 36.4 Å². The number of carbonyl (C=O) groups is 2. The van der Waals surface area contributed by atoms with Crippen molar-refractivity contribution in [1.82, 2.24) is 0 Å². The molecule has 1 aromatic carbocycles. The standard InChI is InChI=1S/C16H20O6/c1-21-13-9-12(17)10(14(18)22-2)8-11(13)16(15(19)20)6-4-3-5-7-16/h8-9,17H,3-7H2,1-2H3,(H,19,20). The third-order valence-corrected chi connectivity index (χ3v) is 4.36. The van der Waals surface area contributed by atoms with Crippen LogP contribution in [0.5, 0.6) is 11.5 Å². The molecule has 1 aliphatic carbocycles. The number of rotatable bonds is 4. The second-order valence-electron chi connectivity index (χ2n) is 5.51. The van der Waals surface area contributed by atoms with Crippen LogP contribution in [0.2, 0.25) is 0 Å². The summed E-state index contributed by atoms with van der Waals surface area (Å²) in [5.41, 5.74) is -0.732. The minimum absolute atomic E-state index is 0.0514. The number of phenolic OH excluding ortho intramolecular Hbond substituents is 1. The third-order valence-electron chi connectivity index (χ3n) is 4.36. The number of hydrogen-bond acceptors (Lipinski definition) is 5. The largest absolute Gasteiger partial charge is 0.507 e. The molecule has 0 radical (unpaired) electrons. The summed E-state index contributed by atoms with van der Waals surface area (Å²) in [5, 5.41) is 19.7. The predicted octanol–water partition coefficient (Wildman–Crippen LogP) is 2.47. The minimum atomic E-state index is -1.10. The number of hydrogen-bond donors (Lipinski definition) is 2. The second-order valence-corrected chi connectivity index (χ2v) is 5.51. The number of aromatic hydroxyl groups is 1. The van der Waals surface area contributed by atoms with Crippen molar-refractivity contribution in [2.75, 3.05) is 14.2 Å². The summed E-state index contributed by atoms with van der Waals surface area (Å²) >= 11 is 0. The van der Waals surface area contributed by atoms with Gasteiger partial charge in [-0.25, -0.2) is 4.79 Å². The molecule has 120 valence electrons. The highest BCUT2D eigenvalue weighted by Gasteiger charge is 2.44. The third kappa shape index (κ3) is 2.61. The van der Waals surface area contributed by atoms with Crippen LogP contribution >= 0.6 is 0 Å². The Balaban J connectivity index is 2.65. The Morgan fingerprint density at radius 1 is 1.14 bits per heavy atom. The molecule has 0 bridgehead atoms. The lowest BCUT2D eigenvalue weighted by atomic mass is 9.69. The molecule has 2 rings (SSSR count). The Labute approximate surface area is 128 Å². The lowest BCUT2D eigenvalue weighted by Crippen LogP contribution is -2.38. The number of carbonyl (C=O) groups excluding carboxylic acids is 1. The number of carboxylic acid groups (broad SMARTS) is 1. The summed E-state index contributed by atoms with van der Waals surface area (Å²) in [4.78, 5) is 23.7. The van der Waals surface area contributed by atoms with Crippen LogP contribution < -0.4 is 4.74 Å². The quantitative estimate of drug-likeness (QED) is 0.830.